The van der Waals surface area contributed by atoms with Gasteiger partial charge in [-0.05, 0) is 29.9 Å². The quantitative estimate of drug-likeness (QED) is 0.734. The van der Waals surface area contributed by atoms with Crippen LogP contribution >= 0.6 is 11.8 Å². The molecular weight excluding hydrogens is 168 g/mol. The molecule has 1 rings (SSSR count). The maximum atomic E-state index is 9.12. The maximum absolute atomic E-state index is 9.12. The Bertz CT molecular complexity index is 139. The lowest BCUT2D eigenvalue weighted by atomic mass is 9.76. The fraction of sp³-hybridized carbons (Fsp3) is 1.00. The van der Waals surface area contributed by atoms with Gasteiger partial charge in [0, 0.05) is 11.9 Å². The van der Waals surface area contributed by atoms with Crippen molar-refractivity contribution < 1.29 is 5.11 Å². The number of hydrogen-bond acceptors (Lipinski definition) is 2. The Morgan fingerprint density at radius 3 is 2.67 bits per heavy atom. The SMILES string of the molecule is CC(CO)C(C)(C)C1CCCS1. The normalized spacial score (nSPS) is 27.5. The molecule has 0 radical (unpaired) electrons. The Morgan fingerprint density at radius 1 is 1.58 bits per heavy atom. The van der Waals surface area contributed by atoms with E-state index in [-0.39, 0.29) is 0 Å². The summed E-state index contributed by atoms with van der Waals surface area (Å²) < 4.78 is 0. The summed E-state index contributed by atoms with van der Waals surface area (Å²) in [7, 11) is 0. The molecule has 1 aliphatic heterocycles. The number of aliphatic hydroxyl groups is 1. The van der Waals surface area contributed by atoms with Gasteiger partial charge in [0.2, 0.25) is 0 Å². The van der Waals surface area contributed by atoms with Crippen molar-refractivity contribution in [2.24, 2.45) is 11.3 Å². The molecular formula is C10H20OS. The third kappa shape index (κ3) is 1.97. The Kier molecular flexibility index (Phi) is 3.47. The lowest BCUT2D eigenvalue weighted by Gasteiger charge is -2.36. The van der Waals surface area contributed by atoms with Gasteiger partial charge in [-0.25, -0.2) is 0 Å². The minimum atomic E-state index is 0.302. The first-order valence-corrected chi connectivity index (χ1v) is 5.86. The lowest BCUT2D eigenvalue weighted by molar-refractivity contribution is 0.127. The minimum absolute atomic E-state index is 0.302. The molecule has 1 saturated heterocycles. The molecule has 1 fully saturated rings. The Balaban J connectivity index is 2.56. The van der Waals surface area contributed by atoms with Crippen molar-refractivity contribution >= 4 is 11.8 Å². The smallest absolute Gasteiger partial charge is 0.0462 e. The van der Waals surface area contributed by atoms with Gasteiger partial charge in [-0.1, -0.05) is 20.8 Å². The predicted molar refractivity (Wildman–Crippen MR) is 55.5 cm³/mol. The van der Waals surface area contributed by atoms with Crippen LogP contribution in [0.4, 0.5) is 0 Å². The third-order valence-electron chi connectivity index (χ3n) is 3.30. The molecule has 0 aromatic carbocycles. The minimum Gasteiger partial charge on any atom is -0.396 e. The van der Waals surface area contributed by atoms with Crippen LogP contribution in [0.5, 0.6) is 0 Å². The van der Waals surface area contributed by atoms with E-state index in [1.54, 1.807) is 0 Å². The van der Waals surface area contributed by atoms with Gasteiger partial charge in [-0.3, -0.25) is 0 Å². The largest absolute Gasteiger partial charge is 0.396 e. The van der Waals surface area contributed by atoms with Crippen molar-refractivity contribution in [3.05, 3.63) is 0 Å². The van der Waals surface area contributed by atoms with E-state index in [2.05, 4.69) is 32.5 Å². The molecule has 0 aromatic heterocycles. The van der Waals surface area contributed by atoms with Crippen LogP contribution in [0.25, 0.3) is 0 Å². The molecule has 12 heavy (non-hydrogen) atoms. The molecule has 72 valence electrons. The molecule has 0 aliphatic carbocycles. The summed E-state index contributed by atoms with van der Waals surface area (Å²) in [6.45, 7) is 7.05. The van der Waals surface area contributed by atoms with Gasteiger partial charge in [0.25, 0.3) is 0 Å². The Morgan fingerprint density at radius 2 is 2.25 bits per heavy atom. The van der Waals surface area contributed by atoms with E-state index in [0.29, 0.717) is 17.9 Å². The van der Waals surface area contributed by atoms with Crippen molar-refractivity contribution in [2.45, 2.75) is 38.9 Å². The summed E-state index contributed by atoms with van der Waals surface area (Å²) in [5, 5.41) is 9.89. The van der Waals surface area contributed by atoms with Gasteiger partial charge in [-0.15, -0.1) is 0 Å². The average Bonchev–Trinajstić information content (AvgIpc) is 2.55. The van der Waals surface area contributed by atoms with E-state index in [1.165, 1.54) is 18.6 Å². The summed E-state index contributed by atoms with van der Waals surface area (Å²) in [4.78, 5) is 0. The van der Waals surface area contributed by atoms with E-state index in [1.807, 2.05) is 0 Å². The van der Waals surface area contributed by atoms with Gasteiger partial charge in [0.05, 0.1) is 0 Å². The van der Waals surface area contributed by atoms with Gasteiger partial charge >= 0.3 is 0 Å². The summed E-state index contributed by atoms with van der Waals surface area (Å²) in [6, 6.07) is 0. The van der Waals surface area contributed by atoms with Crippen molar-refractivity contribution in [1.82, 2.24) is 0 Å². The zero-order valence-electron chi connectivity index (χ0n) is 8.34. The monoisotopic (exact) mass is 188 g/mol. The van der Waals surface area contributed by atoms with Crippen molar-refractivity contribution in [3.8, 4) is 0 Å². The van der Waals surface area contributed by atoms with Crippen LogP contribution in [0.2, 0.25) is 0 Å². The molecule has 1 N–H and O–H groups in total. The molecule has 0 bridgehead atoms. The highest BCUT2D eigenvalue weighted by Gasteiger charge is 2.36. The van der Waals surface area contributed by atoms with E-state index >= 15 is 0 Å². The molecule has 0 spiro atoms. The molecule has 1 aliphatic rings. The number of thioether (sulfide) groups is 1. The van der Waals surface area contributed by atoms with E-state index in [9.17, 15) is 0 Å². The average molecular weight is 188 g/mol. The first-order chi connectivity index (χ1) is 5.59. The molecule has 2 heteroatoms. The fourth-order valence-electron chi connectivity index (χ4n) is 1.72. The molecule has 2 atom stereocenters. The van der Waals surface area contributed by atoms with Crippen LogP contribution in [-0.2, 0) is 0 Å². The Hall–Kier alpha value is 0.310. The fourth-order valence-corrected chi connectivity index (χ4v) is 3.33. The zero-order chi connectivity index (χ0) is 9.19. The molecule has 1 nitrogen and oxygen atoms in total. The van der Waals surface area contributed by atoms with E-state index in [4.69, 9.17) is 5.11 Å². The second-order valence-electron chi connectivity index (χ2n) is 4.41. The third-order valence-corrected chi connectivity index (χ3v) is 5.07. The molecule has 2 unspecified atom stereocenters. The van der Waals surface area contributed by atoms with Crippen LogP contribution in [0.15, 0.2) is 0 Å². The predicted octanol–water partition coefficient (Wildman–Crippen LogP) is 2.54. The van der Waals surface area contributed by atoms with Crippen molar-refractivity contribution in [3.63, 3.8) is 0 Å². The van der Waals surface area contributed by atoms with Crippen LogP contribution < -0.4 is 0 Å². The highest BCUT2D eigenvalue weighted by molar-refractivity contribution is 8.00. The molecule has 0 saturated carbocycles. The topological polar surface area (TPSA) is 20.2 Å². The van der Waals surface area contributed by atoms with Crippen LogP contribution in [0, 0.1) is 11.3 Å². The van der Waals surface area contributed by atoms with E-state index < -0.39 is 0 Å². The van der Waals surface area contributed by atoms with Crippen molar-refractivity contribution in [2.75, 3.05) is 12.4 Å². The maximum Gasteiger partial charge on any atom is 0.0462 e. The second-order valence-corrected chi connectivity index (χ2v) is 5.72. The van der Waals surface area contributed by atoms with Gasteiger partial charge < -0.3 is 5.11 Å². The number of hydrogen-bond donors (Lipinski definition) is 1. The zero-order valence-corrected chi connectivity index (χ0v) is 9.16. The van der Waals surface area contributed by atoms with Gasteiger partial charge in [-0.2, -0.15) is 11.8 Å². The first kappa shape index (κ1) is 10.4. The second kappa shape index (κ2) is 4.01. The van der Waals surface area contributed by atoms with Crippen LogP contribution in [0.3, 0.4) is 0 Å². The number of rotatable bonds is 3. The van der Waals surface area contributed by atoms with Gasteiger partial charge in [0.1, 0.15) is 0 Å². The van der Waals surface area contributed by atoms with Crippen LogP contribution in [0.1, 0.15) is 33.6 Å². The first-order valence-electron chi connectivity index (χ1n) is 4.81. The van der Waals surface area contributed by atoms with Crippen LogP contribution in [-0.4, -0.2) is 22.7 Å². The standard InChI is InChI=1S/C10H20OS/c1-8(7-11)10(2,3)9-5-4-6-12-9/h8-9,11H,4-7H2,1-3H3. The molecule has 0 aromatic rings. The lowest BCUT2D eigenvalue weighted by Crippen LogP contribution is -2.33. The summed E-state index contributed by atoms with van der Waals surface area (Å²) in [6.07, 6.45) is 2.69. The summed E-state index contributed by atoms with van der Waals surface area (Å²) in [5.74, 6) is 1.74. The highest BCUT2D eigenvalue weighted by atomic mass is 32.2. The number of aliphatic hydroxyl groups excluding tert-OH is 1. The van der Waals surface area contributed by atoms with Crippen molar-refractivity contribution in [1.29, 1.82) is 0 Å². The van der Waals surface area contributed by atoms with Gasteiger partial charge in [0.15, 0.2) is 0 Å². The molecule has 1 heterocycles. The molecule has 0 amide bonds. The highest BCUT2D eigenvalue weighted by Crippen LogP contribution is 2.43. The summed E-state index contributed by atoms with van der Waals surface area (Å²) >= 11 is 2.08. The van der Waals surface area contributed by atoms with E-state index in [0.717, 1.165) is 5.25 Å². The summed E-state index contributed by atoms with van der Waals surface area (Å²) in [5.41, 5.74) is 0.302. The Labute approximate surface area is 79.9 Å².